The number of nitrogens with one attached hydrogen (secondary N) is 1. The molecule has 0 aromatic heterocycles. The molecule has 0 fully saturated rings. The molecule has 0 aliphatic carbocycles. The number of nitrogens with two attached hydrogens (primary N) is 1. The van der Waals surface area contributed by atoms with Crippen LogP contribution in [0.15, 0.2) is 16.9 Å². The Morgan fingerprint density at radius 3 is 2.50 bits per heavy atom. The van der Waals surface area contributed by atoms with Gasteiger partial charge in [0.05, 0.1) is 0 Å². The molecule has 0 saturated carbocycles. The fraction of sp³-hybridized carbons (Fsp3) is 0.500. The lowest BCUT2D eigenvalue weighted by atomic mass is 10.4. The van der Waals surface area contributed by atoms with Gasteiger partial charge in [0, 0.05) is 18.5 Å². The minimum absolute atomic E-state index is 0.242. The first-order chi connectivity index (χ1) is 5.57. The maximum absolute atomic E-state index is 10.7. The third kappa shape index (κ3) is 4.49. The molecule has 4 heteroatoms. The monoisotopic (exact) mass is 169 g/mol. The molecule has 0 aromatic carbocycles. The number of hydrogen-bond acceptors (Lipinski definition) is 3. The van der Waals surface area contributed by atoms with Crippen molar-refractivity contribution < 1.29 is 4.79 Å². The molecule has 0 rings (SSSR count). The van der Waals surface area contributed by atoms with E-state index in [4.69, 9.17) is 5.73 Å². The fourth-order valence-corrected chi connectivity index (χ4v) is 0.557. The highest BCUT2D eigenvalue weighted by Crippen LogP contribution is 1.92. The highest BCUT2D eigenvalue weighted by atomic mass is 16.1. The molecule has 0 aliphatic rings. The zero-order chi connectivity index (χ0) is 9.56. The predicted octanol–water partition coefficient (Wildman–Crippen LogP) is 0.402. The minimum atomic E-state index is -0.527. The van der Waals surface area contributed by atoms with Crippen LogP contribution < -0.4 is 11.1 Å². The molecule has 0 radical (unpaired) electrons. The second kappa shape index (κ2) is 5.35. The number of nitrogens with zero attached hydrogens (tertiary/aromatic N) is 1. The van der Waals surface area contributed by atoms with E-state index in [0.29, 0.717) is 0 Å². The quantitative estimate of drug-likeness (QED) is 0.472. The summed E-state index contributed by atoms with van der Waals surface area (Å²) in [4.78, 5) is 14.5. The Labute approximate surface area is 72.6 Å². The van der Waals surface area contributed by atoms with Crippen molar-refractivity contribution >= 4 is 12.1 Å². The van der Waals surface area contributed by atoms with Gasteiger partial charge in [-0.1, -0.05) is 0 Å². The molecule has 3 N–H and O–H groups in total. The van der Waals surface area contributed by atoms with Gasteiger partial charge in [-0.2, -0.15) is 0 Å². The Balaban J connectivity index is 4.29. The van der Waals surface area contributed by atoms with E-state index in [2.05, 4.69) is 10.3 Å². The molecule has 0 aromatic rings. The van der Waals surface area contributed by atoms with Crippen molar-refractivity contribution in [2.24, 2.45) is 10.7 Å². The van der Waals surface area contributed by atoms with Crippen LogP contribution in [0.4, 0.5) is 0 Å². The minimum Gasteiger partial charge on any atom is -0.387 e. The van der Waals surface area contributed by atoms with Crippen LogP contribution in [0, 0.1) is 0 Å². The molecule has 0 bridgehead atoms. The molecule has 1 amide bonds. The van der Waals surface area contributed by atoms with Crippen molar-refractivity contribution in [1.29, 1.82) is 0 Å². The maximum atomic E-state index is 10.7. The molecule has 0 atom stereocenters. The summed E-state index contributed by atoms with van der Waals surface area (Å²) in [5, 5.41) is 2.94. The van der Waals surface area contributed by atoms with E-state index in [-0.39, 0.29) is 11.7 Å². The van der Waals surface area contributed by atoms with E-state index in [0.717, 1.165) is 0 Å². The van der Waals surface area contributed by atoms with Crippen LogP contribution in [0.3, 0.4) is 0 Å². The average Bonchev–Trinajstić information content (AvgIpc) is 1.96. The summed E-state index contributed by atoms with van der Waals surface area (Å²) in [5.41, 5.74) is 5.29. The lowest BCUT2D eigenvalue weighted by Crippen LogP contribution is -2.20. The zero-order valence-electron chi connectivity index (χ0n) is 7.66. The summed E-state index contributed by atoms with van der Waals surface area (Å²) in [5.74, 6) is -0.527. The predicted molar refractivity (Wildman–Crippen MR) is 49.7 cm³/mol. The van der Waals surface area contributed by atoms with Gasteiger partial charge in [-0.3, -0.25) is 9.79 Å². The molecule has 0 unspecified atom stereocenters. The molecular weight excluding hydrogens is 154 g/mol. The summed E-state index contributed by atoms with van der Waals surface area (Å²) in [7, 11) is 0. The van der Waals surface area contributed by atoms with Gasteiger partial charge in [0.2, 0.25) is 0 Å². The van der Waals surface area contributed by atoms with Crippen molar-refractivity contribution in [3.8, 4) is 0 Å². The van der Waals surface area contributed by atoms with Crippen LogP contribution in [0.1, 0.15) is 20.8 Å². The van der Waals surface area contributed by atoms with Gasteiger partial charge in [0.25, 0.3) is 5.91 Å². The molecule has 68 valence electrons. The van der Waals surface area contributed by atoms with Gasteiger partial charge >= 0.3 is 0 Å². The van der Waals surface area contributed by atoms with Crippen molar-refractivity contribution in [2.45, 2.75) is 26.8 Å². The van der Waals surface area contributed by atoms with Crippen molar-refractivity contribution in [2.75, 3.05) is 0 Å². The zero-order valence-corrected chi connectivity index (χ0v) is 7.66. The van der Waals surface area contributed by atoms with Crippen molar-refractivity contribution in [3.63, 3.8) is 0 Å². The average molecular weight is 169 g/mol. The summed E-state index contributed by atoms with van der Waals surface area (Å²) < 4.78 is 0. The highest BCUT2D eigenvalue weighted by Gasteiger charge is 2.00. The summed E-state index contributed by atoms with van der Waals surface area (Å²) in [6.45, 7) is 5.65. The third-order valence-corrected chi connectivity index (χ3v) is 1.07. The summed E-state index contributed by atoms with van der Waals surface area (Å²) >= 11 is 0. The highest BCUT2D eigenvalue weighted by molar-refractivity contribution is 5.92. The number of amides is 1. The van der Waals surface area contributed by atoms with Crippen LogP contribution >= 0.6 is 0 Å². The van der Waals surface area contributed by atoms with E-state index in [1.54, 1.807) is 6.92 Å². The van der Waals surface area contributed by atoms with E-state index in [9.17, 15) is 4.79 Å². The molecule has 4 nitrogen and oxygen atoms in total. The second-order valence-electron chi connectivity index (χ2n) is 2.60. The molecular formula is C8H15N3O. The van der Waals surface area contributed by atoms with E-state index < -0.39 is 5.91 Å². The first-order valence-corrected chi connectivity index (χ1v) is 3.82. The largest absolute Gasteiger partial charge is 0.387 e. The van der Waals surface area contributed by atoms with Gasteiger partial charge in [-0.15, -0.1) is 0 Å². The maximum Gasteiger partial charge on any atom is 0.268 e. The lowest BCUT2D eigenvalue weighted by Gasteiger charge is -2.04. The van der Waals surface area contributed by atoms with Crippen molar-refractivity contribution in [3.05, 3.63) is 11.9 Å². The summed E-state index contributed by atoms with van der Waals surface area (Å²) in [6.07, 6.45) is 3.05. The number of carbonyl (C=O) groups is 1. The topological polar surface area (TPSA) is 67.5 Å². The van der Waals surface area contributed by atoms with Gasteiger partial charge in [-0.05, 0) is 20.8 Å². The standard InChI is InChI=1S/C8H15N3O/c1-4-10-7(8(9)12)5-11-6(2)3/h4-6,11H,1-3H3,(H2,9,12)/b7-5-,10-4?. The van der Waals surface area contributed by atoms with Gasteiger partial charge in [0.15, 0.2) is 0 Å². The fourth-order valence-electron chi connectivity index (χ4n) is 0.557. The van der Waals surface area contributed by atoms with Crippen LogP contribution in [-0.4, -0.2) is 18.2 Å². The van der Waals surface area contributed by atoms with Gasteiger partial charge < -0.3 is 11.1 Å². The van der Waals surface area contributed by atoms with E-state index in [1.165, 1.54) is 12.4 Å². The summed E-state index contributed by atoms with van der Waals surface area (Å²) in [6, 6.07) is 0.270. The lowest BCUT2D eigenvalue weighted by molar-refractivity contribution is -0.114. The Bertz CT molecular complexity index is 206. The van der Waals surface area contributed by atoms with Gasteiger partial charge in [0.1, 0.15) is 5.70 Å². The number of aliphatic imine (C=N–C) groups is 1. The number of rotatable bonds is 4. The van der Waals surface area contributed by atoms with E-state index >= 15 is 0 Å². The van der Waals surface area contributed by atoms with Crippen LogP contribution in [0.25, 0.3) is 0 Å². The second-order valence-corrected chi connectivity index (χ2v) is 2.60. The molecule has 0 saturated heterocycles. The normalized spacial score (nSPS) is 12.5. The number of hydrogen-bond donors (Lipinski definition) is 2. The molecule has 0 spiro atoms. The van der Waals surface area contributed by atoms with Crippen LogP contribution in [0.5, 0.6) is 0 Å². The molecule has 12 heavy (non-hydrogen) atoms. The smallest absolute Gasteiger partial charge is 0.268 e. The van der Waals surface area contributed by atoms with Crippen LogP contribution in [0.2, 0.25) is 0 Å². The Morgan fingerprint density at radius 2 is 2.17 bits per heavy atom. The molecule has 0 heterocycles. The first kappa shape index (κ1) is 10.7. The molecule has 0 aliphatic heterocycles. The Kier molecular flexibility index (Phi) is 4.76. The SMILES string of the molecule is CC=N/C(=C\NC(C)C)C(N)=O. The third-order valence-electron chi connectivity index (χ3n) is 1.07. The van der Waals surface area contributed by atoms with Gasteiger partial charge in [-0.25, -0.2) is 0 Å². The van der Waals surface area contributed by atoms with E-state index in [1.807, 2.05) is 13.8 Å². The number of primary amides is 1. The Hall–Kier alpha value is -1.32. The van der Waals surface area contributed by atoms with Crippen LogP contribution in [-0.2, 0) is 4.79 Å². The first-order valence-electron chi connectivity index (χ1n) is 3.82. The number of carbonyl (C=O) groups excluding carboxylic acids is 1. The van der Waals surface area contributed by atoms with Crippen molar-refractivity contribution in [1.82, 2.24) is 5.32 Å². The Morgan fingerprint density at radius 1 is 1.58 bits per heavy atom.